The molecule has 0 radical (unpaired) electrons. The van der Waals surface area contributed by atoms with Gasteiger partial charge < -0.3 is 10.4 Å². The summed E-state index contributed by atoms with van der Waals surface area (Å²) in [6.07, 6.45) is 1.66. The predicted molar refractivity (Wildman–Crippen MR) is 95.1 cm³/mol. The van der Waals surface area contributed by atoms with Crippen molar-refractivity contribution in [3.63, 3.8) is 0 Å². The van der Waals surface area contributed by atoms with Crippen molar-refractivity contribution in [2.45, 2.75) is 19.4 Å². The molecule has 7 heteroatoms. The number of nitrogens with zero attached hydrogens (tertiary/aromatic N) is 3. The molecule has 0 aliphatic carbocycles. The molecule has 1 amide bonds. The van der Waals surface area contributed by atoms with E-state index in [0.717, 1.165) is 16.8 Å². The first kappa shape index (κ1) is 17.3. The zero-order valence-electron chi connectivity index (χ0n) is 14.2. The third kappa shape index (κ3) is 4.13. The molecule has 0 spiro atoms. The third-order valence-corrected chi connectivity index (χ3v) is 3.91. The first-order valence-corrected chi connectivity index (χ1v) is 8.10. The summed E-state index contributed by atoms with van der Waals surface area (Å²) < 4.78 is 1.47. The maximum atomic E-state index is 12.4. The highest BCUT2D eigenvalue weighted by Gasteiger charge is 2.22. The highest BCUT2D eigenvalue weighted by Crippen LogP contribution is 2.09. The molecule has 26 heavy (non-hydrogen) atoms. The second-order valence-corrected chi connectivity index (χ2v) is 5.94. The number of aliphatic carboxylic acids is 1. The number of aromatic nitrogens is 3. The van der Waals surface area contributed by atoms with Gasteiger partial charge in [-0.05, 0) is 24.6 Å². The van der Waals surface area contributed by atoms with E-state index in [9.17, 15) is 14.7 Å². The van der Waals surface area contributed by atoms with E-state index in [0.29, 0.717) is 0 Å². The molecule has 1 atom stereocenters. The quantitative estimate of drug-likeness (QED) is 0.709. The van der Waals surface area contributed by atoms with Gasteiger partial charge in [-0.15, -0.1) is 5.10 Å². The average Bonchev–Trinajstić information content (AvgIpc) is 3.13. The molecule has 0 saturated carbocycles. The number of hydrogen-bond donors (Lipinski definition) is 2. The molecule has 0 bridgehead atoms. The van der Waals surface area contributed by atoms with Crippen LogP contribution in [0.15, 0.2) is 60.8 Å². The first-order chi connectivity index (χ1) is 12.5. The highest BCUT2D eigenvalue weighted by atomic mass is 16.4. The van der Waals surface area contributed by atoms with Gasteiger partial charge in [-0.2, -0.15) is 0 Å². The van der Waals surface area contributed by atoms with Crippen LogP contribution >= 0.6 is 0 Å². The Morgan fingerprint density at radius 3 is 2.46 bits per heavy atom. The van der Waals surface area contributed by atoms with E-state index < -0.39 is 17.9 Å². The lowest BCUT2D eigenvalue weighted by atomic mass is 10.1. The van der Waals surface area contributed by atoms with Crippen molar-refractivity contribution in [3.8, 4) is 5.69 Å². The minimum Gasteiger partial charge on any atom is -0.480 e. The van der Waals surface area contributed by atoms with Crippen molar-refractivity contribution in [1.29, 1.82) is 0 Å². The summed E-state index contributed by atoms with van der Waals surface area (Å²) in [6, 6.07) is 15.7. The van der Waals surface area contributed by atoms with Gasteiger partial charge in [0.15, 0.2) is 5.69 Å². The van der Waals surface area contributed by atoms with E-state index >= 15 is 0 Å². The fourth-order valence-electron chi connectivity index (χ4n) is 2.47. The molecule has 1 heterocycles. The molecule has 0 aliphatic heterocycles. The molecule has 3 rings (SSSR count). The maximum absolute atomic E-state index is 12.4. The van der Waals surface area contributed by atoms with Crippen LogP contribution in [0.2, 0.25) is 0 Å². The van der Waals surface area contributed by atoms with Crippen molar-refractivity contribution >= 4 is 11.9 Å². The number of aryl methyl sites for hydroxylation is 1. The maximum Gasteiger partial charge on any atom is 0.326 e. The van der Waals surface area contributed by atoms with Gasteiger partial charge in [-0.1, -0.05) is 53.2 Å². The molecule has 2 aromatic carbocycles. The summed E-state index contributed by atoms with van der Waals surface area (Å²) >= 11 is 0. The molecule has 3 aromatic rings. The minimum atomic E-state index is -1.10. The van der Waals surface area contributed by atoms with E-state index in [1.807, 2.05) is 61.5 Å². The lowest BCUT2D eigenvalue weighted by Gasteiger charge is -2.13. The Labute approximate surface area is 150 Å². The van der Waals surface area contributed by atoms with E-state index in [2.05, 4.69) is 15.6 Å². The second-order valence-electron chi connectivity index (χ2n) is 5.94. The normalized spacial score (nSPS) is 11.7. The first-order valence-electron chi connectivity index (χ1n) is 8.10. The Bertz CT molecular complexity index is 904. The summed E-state index contributed by atoms with van der Waals surface area (Å²) in [6.45, 7) is 1.97. The van der Waals surface area contributed by atoms with Gasteiger partial charge in [0.1, 0.15) is 6.04 Å². The fraction of sp³-hybridized carbons (Fsp3) is 0.158. The molecule has 2 N–H and O–H groups in total. The van der Waals surface area contributed by atoms with Gasteiger partial charge in [0.25, 0.3) is 5.91 Å². The smallest absolute Gasteiger partial charge is 0.326 e. The lowest BCUT2D eigenvalue weighted by Crippen LogP contribution is -2.42. The molecular weight excluding hydrogens is 332 g/mol. The van der Waals surface area contributed by atoms with Crippen molar-refractivity contribution in [2.75, 3.05) is 0 Å². The summed E-state index contributed by atoms with van der Waals surface area (Å²) in [5.41, 5.74) is 2.76. The molecule has 0 saturated heterocycles. The van der Waals surface area contributed by atoms with Crippen molar-refractivity contribution in [2.24, 2.45) is 0 Å². The lowest BCUT2D eigenvalue weighted by molar-refractivity contribution is -0.139. The van der Waals surface area contributed by atoms with Crippen LogP contribution in [0.1, 0.15) is 21.6 Å². The van der Waals surface area contributed by atoms with Crippen LogP contribution < -0.4 is 5.32 Å². The average molecular weight is 350 g/mol. The number of rotatable bonds is 6. The Morgan fingerprint density at radius 1 is 1.12 bits per heavy atom. The molecule has 0 aliphatic rings. The van der Waals surface area contributed by atoms with Crippen LogP contribution in [0, 0.1) is 6.92 Å². The molecule has 1 aromatic heterocycles. The highest BCUT2D eigenvalue weighted by molar-refractivity contribution is 5.94. The number of amides is 1. The van der Waals surface area contributed by atoms with Crippen molar-refractivity contribution in [3.05, 3.63) is 77.6 Å². The second kappa shape index (κ2) is 7.60. The molecule has 7 nitrogen and oxygen atoms in total. The van der Waals surface area contributed by atoms with Crippen LogP contribution in [0.3, 0.4) is 0 Å². The molecular formula is C19H18N4O3. The SMILES string of the molecule is Cc1ccc(-n2cc(C(=O)NC(Cc3ccccc3)C(=O)O)nn2)cc1. The van der Waals surface area contributed by atoms with Gasteiger partial charge in [0, 0.05) is 6.42 Å². The number of benzene rings is 2. The van der Waals surface area contributed by atoms with Gasteiger partial charge in [0.2, 0.25) is 0 Å². The number of nitrogens with one attached hydrogen (secondary N) is 1. The Hall–Kier alpha value is -3.48. The standard InChI is InChI=1S/C19H18N4O3/c1-13-7-9-15(10-8-13)23-12-17(21-22-23)18(24)20-16(19(25)26)11-14-5-3-2-4-6-14/h2-10,12,16H,11H2,1H3,(H,20,24)(H,25,26). The van der Waals surface area contributed by atoms with Gasteiger partial charge >= 0.3 is 5.97 Å². The Balaban J connectivity index is 1.72. The number of carbonyl (C=O) groups is 2. The Kier molecular flexibility index (Phi) is 5.07. The van der Waals surface area contributed by atoms with Crippen LogP contribution in [0.5, 0.6) is 0 Å². The van der Waals surface area contributed by atoms with Crippen LogP contribution in [-0.4, -0.2) is 38.0 Å². The van der Waals surface area contributed by atoms with Crippen LogP contribution in [0.25, 0.3) is 5.69 Å². The van der Waals surface area contributed by atoms with E-state index in [1.165, 1.54) is 10.9 Å². The summed E-state index contributed by atoms with van der Waals surface area (Å²) in [5.74, 6) is -1.68. The van der Waals surface area contributed by atoms with E-state index in [4.69, 9.17) is 0 Å². The monoisotopic (exact) mass is 350 g/mol. The fourth-order valence-corrected chi connectivity index (χ4v) is 2.47. The van der Waals surface area contributed by atoms with Crippen molar-refractivity contribution in [1.82, 2.24) is 20.3 Å². The van der Waals surface area contributed by atoms with Crippen LogP contribution in [0.4, 0.5) is 0 Å². The summed E-state index contributed by atoms with van der Waals surface area (Å²) in [4.78, 5) is 23.8. The number of carbonyl (C=O) groups excluding carboxylic acids is 1. The number of carboxylic acid groups (broad SMARTS) is 1. The van der Waals surface area contributed by atoms with Gasteiger partial charge in [-0.25, -0.2) is 9.48 Å². The zero-order valence-corrected chi connectivity index (χ0v) is 14.2. The largest absolute Gasteiger partial charge is 0.480 e. The van der Waals surface area contributed by atoms with Crippen molar-refractivity contribution < 1.29 is 14.7 Å². The molecule has 132 valence electrons. The summed E-state index contributed by atoms with van der Waals surface area (Å²) in [7, 11) is 0. The number of carboxylic acids is 1. The Morgan fingerprint density at radius 2 is 1.81 bits per heavy atom. The molecule has 0 fully saturated rings. The van der Waals surface area contributed by atoms with Gasteiger partial charge in [-0.3, -0.25) is 4.79 Å². The third-order valence-electron chi connectivity index (χ3n) is 3.91. The zero-order chi connectivity index (χ0) is 18.5. The summed E-state index contributed by atoms with van der Waals surface area (Å²) in [5, 5.41) is 19.7. The van der Waals surface area contributed by atoms with E-state index in [-0.39, 0.29) is 12.1 Å². The van der Waals surface area contributed by atoms with Crippen LogP contribution in [-0.2, 0) is 11.2 Å². The topological polar surface area (TPSA) is 97.1 Å². The van der Waals surface area contributed by atoms with E-state index in [1.54, 1.807) is 0 Å². The predicted octanol–water partition coefficient (Wildman–Crippen LogP) is 2.00. The van der Waals surface area contributed by atoms with Gasteiger partial charge in [0.05, 0.1) is 11.9 Å². The molecule has 1 unspecified atom stereocenters. The minimum absolute atomic E-state index is 0.0601. The number of hydrogen-bond acceptors (Lipinski definition) is 4.